The summed E-state index contributed by atoms with van der Waals surface area (Å²) in [4.78, 5) is 47.3. The van der Waals surface area contributed by atoms with Gasteiger partial charge in [-0.05, 0) is 32.8 Å². The van der Waals surface area contributed by atoms with Crippen molar-refractivity contribution >= 4 is 23.5 Å². The Hall–Kier alpha value is -1.98. The van der Waals surface area contributed by atoms with E-state index in [1.54, 1.807) is 13.8 Å². The highest BCUT2D eigenvalue weighted by atomic mass is 16.5. The third-order valence-corrected chi connectivity index (χ3v) is 3.13. The molecule has 1 aliphatic rings. The predicted molar refractivity (Wildman–Crippen MR) is 68.7 cm³/mol. The van der Waals surface area contributed by atoms with Gasteiger partial charge < -0.3 is 9.47 Å². The van der Waals surface area contributed by atoms with Gasteiger partial charge in [0.2, 0.25) is 0 Å². The second-order valence-electron chi connectivity index (χ2n) is 4.35. The van der Waals surface area contributed by atoms with Crippen LogP contribution in [0.4, 0.5) is 0 Å². The Kier molecular flexibility index (Phi) is 5.61. The fourth-order valence-electron chi connectivity index (χ4n) is 2.17. The van der Waals surface area contributed by atoms with Crippen molar-refractivity contribution in [2.75, 3.05) is 13.2 Å². The molecule has 20 heavy (non-hydrogen) atoms. The molecule has 0 saturated heterocycles. The molecule has 1 aliphatic carbocycles. The number of carbonyl (C=O) groups excluding carboxylic acids is 4. The SMILES string of the molecule is CCOC(=O)/C=C\C(=O)C1(C(=O)OCC)CCCC1=O. The number of hydrogen-bond donors (Lipinski definition) is 0. The smallest absolute Gasteiger partial charge is 0.330 e. The predicted octanol–water partition coefficient (Wildman–Crippen LogP) is 0.977. The third kappa shape index (κ3) is 3.12. The van der Waals surface area contributed by atoms with Gasteiger partial charge in [0.15, 0.2) is 17.0 Å². The maximum atomic E-state index is 12.2. The number of carbonyl (C=O) groups is 4. The minimum atomic E-state index is -1.78. The van der Waals surface area contributed by atoms with E-state index in [1.807, 2.05) is 0 Å². The van der Waals surface area contributed by atoms with E-state index in [4.69, 9.17) is 4.74 Å². The average Bonchev–Trinajstić information content (AvgIpc) is 2.79. The molecule has 1 atom stereocenters. The number of allylic oxidation sites excluding steroid dienone is 1. The molecule has 0 aromatic heterocycles. The van der Waals surface area contributed by atoms with Crippen molar-refractivity contribution in [2.45, 2.75) is 33.1 Å². The fourth-order valence-corrected chi connectivity index (χ4v) is 2.17. The Balaban J connectivity index is 2.95. The monoisotopic (exact) mass is 282 g/mol. The molecule has 110 valence electrons. The molecule has 6 heteroatoms. The van der Waals surface area contributed by atoms with E-state index in [2.05, 4.69) is 4.74 Å². The van der Waals surface area contributed by atoms with Crippen molar-refractivity contribution in [3.63, 3.8) is 0 Å². The van der Waals surface area contributed by atoms with E-state index in [-0.39, 0.29) is 26.1 Å². The van der Waals surface area contributed by atoms with Crippen molar-refractivity contribution < 1.29 is 28.7 Å². The van der Waals surface area contributed by atoms with Crippen molar-refractivity contribution in [1.29, 1.82) is 0 Å². The molecular weight excluding hydrogens is 264 g/mol. The number of ketones is 2. The molecule has 1 fully saturated rings. The van der Waals surface area contributed by atoms with Gasteiger partial charge in [-0.15, -0.1) is 0 Å². The summed E-state index contributed by atoms with van der Waals surface area (Å²) in [6.45, 7) is 3.50. The highest BCUT2D eigenvalue weighted by Gasteiger charge is 2.54. The molecule has 0 radical (unpaired) electrons. The summed E-state index contributed by atoms with van der Waals surface area (Å²) >= 11 is 0. The van der Waals surface area contributed by atoms with Gasteiger partial charge in [0.1, 0.15) is 0 Å². The Morgan fingerprint density at radius 2 is 1.80 bits per heavy atom. The molecule has 6 nitrogen and oxygen atoms in total. The first-order chi connectivity index (χ1) is 9.48. The van der Waals surface area contributed by atoms with Crippen LogP contribution < -0.4 is 0 Å². The highest BCUT2D eigenvalue weighted by Crippen LogP contribution is 2.37. The number of Topliss-reactive ketones (excluding diaryl/α,β-unsaturated/α-hetero) is 1. The van der Waals surface area contributed by atoms with Crippen LogP contribution in [0.25, 0.3) is 0 Å². The lowest BCUT2D eigenvalue weighted by Crippen LogP contribution is -2.43. The van der Waals surface area contributed by atoms with Gasteiger partial charge in [0.05, 0.1) is 13.2 Å². The normalized spacial score (nSPS) is 22.0. The van der Waals surface area contributed by atoms with E-state index >= 15 is 0 Å². The van der Waals surface area contributed by atoms with Gasteiger partial charge in [-0.2, -0.15) is 0 Å². The standard InChI is InChI=1S/C14H18O6/c1-3-19-12(17)8-7-11(16)14(13(18)20-4-2)9-5-6-10(14)15/h7-8H,3-6,9H2,1-2H3/b8-7-. The van der Waals surface area contributed by atoms with Gasteiger partial charge in [-0.25, -0.2) is 4.79 Å². The number of esters is 2. The van der Waals surface area contributed by atoms with Crippen LogP contribution >= 0.6 is 0 Å². The van der Waals surface area contributed by atoms with Crippen LogP contribution in [-0.2, 0) is 28.7 Å². The largest absolute Gasteiger partial charge is 0.465 e. The molecular formula is C14H18O6. The second-order valence-corrected chi connectivity index (χ2v) is 4.35. The molecule has 1 unspecified atom stereocenters. The third-order valence-electron chi connectivity index (χ3n) is 3.13. The van der Waals surface area contributed by atoms with E-state index in [9.17, 15) is 19.2 Å². The van der Waals surface area contributed by atoms with Crippen LogP contribution in [0.5, 0.6) is 0 Å². The van der Waals surface area contributed by atoms with Crippen LogP contribution in [0.2, 0.25) is 0 Å². The Bertz CT molecular complexity index is 451. The molecule has 0 aliphatic heterocycles. The Labute approximate surface area is 117 Å². The van der Waals surface area contributed by atoms with Gasteiger partial charge in [-0.1, -0.05) is 0 Å². The number of rotatable bonds is 6. The average molecular weight is 282 g/mol. The first kappa shape index (κ1) is 16.1. The highest BCUT2D eigenvalue weighted by molar-refractivity contribution is 6.26. The summed E-state index contributed by atoms with van der Waals surface area (Å²) in [7, 11) is 0. The summed E-state index contributed by atoms with van der Waals surface area (Å²) in [5.41, 5.74) is -1.78. The lowest BCUT2D eigenvalue weighted by Gasteiger charge is -2.21. The van der Waals surface area contributed by atoms with E-state index < -0.39 is 28.9 Å². The number of ether oxygens (including phenoxy) is 2. The maximum absolute atomic E-state index is 12.2. The summed E-state index contributed by atoms with van der Waals surface area (Å²) in [6.07, 6.45) is 2.60. The summed E-state index contributed by atoms with van der Waals surface area (Å²) in [5, 5.41) is 0. The summed E-state index contributed by atoms with van der Waals surface area (Å²) < 4.78 is 9.49. The zero-order valence-corrected chi connectivity index (χ0v) is 11.6. The minimum absolute atomic E-state index is 0.0860. The molecule has 0 heterocycles. The van der Waals surface area contributed by atoms with E-state index in [1.165, 1.54) is 0 Å². The molecule has 0 aromatic carbocycles. The quantitative estimate of drug-likeness (QED) is 0.410. The topological polar surface area (TPSA) is 86.7 Å². The molecule has 0 aromatic rings. The maximum Gasteiger partial charge on any atom is 0.330 e. The lowest BCUT2D eigenvalue weighted by atomic mass is 9.80. The zero-order chi connectivity index (χ0) is 15.2. The fraction of sp³-hybridized carbons (Fsp3) is 0.571. The summed E-state index contributed by atoms with van der Waals surface area (Å²) in [6, 6.07) is 0. The zero-order valence-electron chi connectivity index (χ0n) is 11.6. The van der Waals surface area contributed by atoms with Gasteiger partial charge >= 0.3 is 11.9 Å². The molecule has 1 rings (SSSR count). The Morgan fingerprint density at radius 3 is 2.30 bits per heavy atom. The van der Waals surface area contributed by atoms with Gasteiger partial charge in [0.25, 0.3) is 0 Å². The second kappa shape index (κ2) is 6.98. The van der Waals surface area contributed by atoms with Crippen LogP contribution in [0.3, 0.4) is 0 Å². The first-order valence-corrected chi connectivity index (χ1v) is 6.58. The van der Waals surface area contributed by atoms with Crippen LogP contribution in [0.1, 0.15) is 33.1 Å². The summed E-state index contributed by atoms with van der Waals surface area (Å²) in [5.74, 6) is -2.69. The van der Waals surface area contributed by atoms with E-state index in [0.717, 1.165) is 12.2 Å². The lowest BCUT2D eigenvalue weighted by molar-refractivity contribution is -0.161. The van der Waals surface area contributed by atoms with Crippen LogP contribution in [0.15, 0.2) is 12.2 Å². The minimum Gasteiger partial charge on any atom is -0.465 e. The molecule has 0 N–H and O–H groups in total. The van der Waals surface area contributed by atoms with Crippen molar-refractivity contribution in [1.82, 2.24) is 0 Å². The first-order valence-electron chi connectivity index (χ1n) is 6.58. The Morgan fingerprint density at radius 1 is 1.15 bits per heavy atom. The molecule has 0 bridgehead atoms. The van der Waals surface area contributed by atoms with Gasteiger partial charge in [0, 0.05) is 12.5 Å². The number of hydrogen-bond acceptors (Lipinski definition) is 6. The van der Waals surface area contributed by atoms with Crippen molar-refractivity contribution in [3.05, 3.63) is 12.2 Å². The molecule has 1 saturated carbocycles. The van der Waals surface area contributed by atoms with Crippen LogP contribution in [-0.4, -0.2) is 36.7 Å². The molecule has 0 amide bonds. The van der Waals surface area contributed by atoms with Crippen molar-refractivity contribution in [2.24, 2.45) is 5.41 Å². The van der Waals surface area contributed by atoms with E-state index in [0.29, 0.717) is 6.42 Å². The van der Waals surface area contributed by atoms with Crippen molar-refractivity contribution in [3.8, 4) is 0 Å². The van der Waals surface area contributed by atoms with Gasteiger partial charge in [-0.3, -0.25) is 14.4 Å². The van der Waals surface area contributed by atoms with Crippen LogP contribution in [0, 0.1) is 5.41 Å². The molecule has 0 spiro atoms.